The summed E-state index contributed by atoms with van der Waals surface area (Å²) in [6, 6.07) is 5.11. The van der Waals surface area contributed by atoms with Gasteiger partial charge >= 0.3 is 6.09 Å². The van der Waals surface area contributed by atoms with E-state index in [9.17, 15) is 9.59 Å². The van der Waals surface area contributed by atoms with Gasteiger partial charge in [0.1, 0.15) is 0 Å². The Morgan fingerprint density at radius 3 is 2.54 bits per heavy atom. The van der Waals surface area contributed by atoms with Crippen molar-refractivity contribution in [1.82, 2.24) is 10.3 Å². The Bertz CT molecular complexity index is 587. The Morgan fingerprint density at radius 2 is 1.92 bits per heavy atom. The first-order chi connectivity index (χ1) is 11.5. The zero-order valence-electron chi connectivity index (χ0n) is 14.4. The molecule has 2 amide bonds. The zero-order chi connectivity index (χ0) is 17.9. The van der Waals surface area contributed by atoms with Crippen LogP contribution in [0.25, 0.3) is 0 Å². The maximum Gasteiger partial charge on any atom is 0.427 e. The first-order valence-electron chi connectivity index (χ1n) is 7.53. The van der Waals surface area contributed by atoms with Crippen molar-refractivity contribution in [2.45, 2.75) is 13.8 Å². The molecule has 1 rings (SSSR count). The lowest BCUT2D eigenvalue weighted by atomic mass is 10.2. The van der Waals surface area contributed by atoms with Crippen molar-refractivity contribution in [2.75, 3.05) is 33.9 Å². The highest BCUT2D eigenvalue weighted by molar-refractivity contribution is 5.82. The number of carbonyl (C=O) groups is 2. The molecule has 0 aliphatic rings. The van der Waals surface area contributed by atoms with Gasteiger partial charge in [0.2, 0.25) is 0 Å². The van der Waals surface area contributed by atoms with Gasteiger partial charge in [0.05, 0.1) is 19.4 Å². The molecule has 1 aromatic rings. The molecule has 0 aliphatic carbocycles. The monoisotopic (exact) mass is 337 g/mol. The lowest BCUT2D eigenvalue weighted by molar-refractivity contribution is -0.130. The molecule has 0 fully saturated rings. The van der Waals surface area contributed by atoms with Crippen LogP contribution in [0.5, 0.6) is 11.5 Å². The van der Waals surface area contributed by atoms with Crippen LogP contribution in [0.15, 0.2) is 23.3 Å². The summed E-state index contributed by atoms with van der Waals surface area (Å²) in [5.41, 5.74) is 2.93. The molecule has 0 heterocycles. The van der Waals surface area contributed by atoms with Crippen LogP contribution < -0.4 is 14.9 Å². The summed E-state index contributed by atoms with van der Waals surface area (Å²) in [6.45, 7) is 4.19. The van der Waals surface area contributed by atoms with E-state index in [1.165, 1.54) is 11.1 Å². The average Bonchev–Trinajstić information content (AvgIpc) is 2.54. The fourth-order valence-electron chi connectivity index (χ4n) is 1.58. The molecule has 8 heteroatoms. The number of nitrogens with zero attached hydrogens (tertiary/aromatic N) is 2. The fourth-order valence-corrected chi connectivity index (χ4v) is 1.58. The number of benzene rings is 1. The van der Waals surface area contributed by atoms with Gasteiger partial charge in [-0.2, -0.15) is 5.10 Å². The number of hydrogen-bond acceptors (Lipinski definition) is 6. The lowest BCUT2D eigenvalue weighted by Crippen LogP contribution is -2.27. The standard InChI is InChI=1S/C16H23N3O5/c1-5-22-14-9-12(10-17-18-16(21)23-6-2)7-8-13(14)24-11-15(20)19(3)4/h7-10H,5-6,11H2,1-4H3,(H,18,21). The van der Waals surface area contributed by atoms with Gasteiger partial charge in [-0.15, -0.1) is 0 Å². The number of nitrogens with one attached hydrogen (secondary N) is 1. The molecule has 0 bridgehead atoms. The van der Waals surface area contributed by atoms with Gasteiger partial charge in [0.25, 0.3) is 5.91 Å². The maximum atomic E-state index is 11.6. The van der Waals surface area contributed by atoms with Crippen LogP contribution in [-0.2, 0) is 9.53 Å². The van der Waals surface area contributed by atoms with Crippen molar-refractivity contribution in [3.05, 3.63) is 23.8 Å². The number of ether oxygens (including phenoxy) is 3. The minimum atomic E-state index is -0.624. The van der Waals surface area contributed by atoms with E-state index in [4.69, 9.17) is 14.2 Å². The molecule has 0 saturated carbocycles. The Balaban J connectivity index is 2.76. The molecule has 0 radical (unpaired) electrons. The van der Waals surface area contributed by atoms with Crippen LogP contribution in [0.4, 0.5) is 4.79 Å². The highest BCUT2D eigenvalue weighted by Crippen LogP contribution is 2.28. The molecule has 0 unspecified atom stereocenters. The zero-order valence-corrected chi connectivity index (χ0v) is 14.4. The quantitative estimate of drug-likeness (QED) is 0.575. The van der Waals surface area contributed by atoms with E-state index in [-0.39, 0.29) is 19.1 Å². The van der Waals surface area contributed by atoms with Gasteiger partial charge in [-0.25, -0.2) is 10.2 Å². The van der Waals surface area contributed by atoms with E-state index < -0.39 is 6.09 Å². The van der Waals surface area contributed by atoms with Crippen LogP contribution in [0.3, 0.4) is 0 Å². The first kappa shape index (κ1) is 19.3. The highest BCUT2D eigenvalue weighted by Gasteiger charge is 2.10. The number of amides is 2. The Labute approximate surface area is 141 Å². The summed E-state index contributed by atoms with van der Waals surface area (Å²) in [6.07, 6.45) is 0.828. The minimum Gasteiger partial charge on any atom is -0.490 e. The third-order valence-electron chi connectivity index (χ3n) is 2.76. The van der Waals surface area contributed by atoms with Crippen molar-refractivity contribution < 1.29 is 23.8 Å². The first-order valence-corrected chi connectivity index (χ1v) is 7.53. The second kappa shape index (κ2) is 10.1. The van der Waals surface area contributed by atoms with Gasteiger partial charge in [-0.3, -0.25) is 4.79 Å². The summed E-state index contributed by atoms with van der Waals surface area (Å²) in [7, 11) is 3.32. The molecule has 24 heavy (non-hydrogen) atoms. The normalized spacial score (nSPS) is 10.3. The summed E-state index contributed by atoms with van der Waals surface area (Å²) >= 11 is 0. The van der Waals surface area contributed by atoms with Crippen molar-refractivity contribution in [1.29, 1.82) is 0 Å². The molecule has 8 nitrogen and oxygen atoms in total. The number of hydrogen-bond donors (Lipinski definition) is 1. The molecule has 0 aromatic heterocycles. The number of likely N-dealkylation sites (N-methyl/N-ethyl adjacent to an activating group) is 1. The number of hydrazone groups is 1. The summed E-state index contributed by atoms with van der Waals surface area (Å²) in [5.74, 6) is 0.799. The lowest BCUT2D eigenvalue weighted by Gasteiger charge is -2.14. The van der Waals surface area contributed by atoms with E-state index in [0.717, 1.165) is 0 Å². The summed E-state index contributed by atoms with van der Waals surface area (Å²) in [4.78, 5) is 24.2. The molecule has 0 aliphatic heterocycles. The van der Waals surface area contributed by atoms with Crippen molar-refractivity contribution in [3.63, 3.8) is 0 Å². The van der Waals surface area contributed by atoms with E-state index in [0.29, 0.717) is 23.7 Å². The van der Waals surface area contributed by atoms with E-state index in [2.05, 4.69) is 10.5 Å². The Hall–Kier alpha value is -2.77. The van der Waals surface area contributed by atoms with Gasteiger partial charge in [0.15, 0.2) is 18.1 Å². The average molecular weight is 337 g/mol. The third-order valence-corrected chi connectivity index (χ3v) is 2.76. The largest absolute Gasteiger partial charge is 0.490 e. The Kier molecular flexibility index (Phi) is 8.10. The van der Waals surface area contributed by atoms with Gasteiger partial charge in [-0.05, 0) is 37.6 Å². The summed E-state index contributed by atoms with van der Waals surface area (Å²) < 4.78 is 15.7. The molecule has 1 aromatic carbocycles. The van der Waals surface area contributed by atoms with Gasteiger partial charge in [0, 0.05) is 14.1 Å². The van der Waals surface area contributed by atoms with Crippen LogP contribution in [0.2, 0.25) is 0 Å². The molecular formula is C16H23N3O5. The van der Waals surface area contributed by atoms with Crippen LogP contribution in [0, 0.1) is 0 Å². The van der Waals surface area contributed by atoms with Crippen LogP contribution in [-0.4, -0.2) is 57.0 Å². The molecule has 0 spiro atoms. The number of carbonyl (C=O) groups excluding carboxylic acids is 2. The van der Waals surface area contributed by atoms with Crippen molar-refractivity contribution in [3.8, 4) is 11.5 Å². The smallest absolute Gasteiger partial charge is 0.427 e. The predicted octanol–water partition coefficient (Wildman–Crippen LogP) is 1.63. The van der Waals surface area contributed by atoms with Gasteiger partial charge in [-0.1, -0.05) is 0 Å². The Morgan fingerprint density at radius 1 is 1.17 bits per heavy atom. The molecule has 0 atom stereocenters. The van der Waals surface area contributed by atoms with E-state index >= 15 is 0 Å². The topological polar surface area (TPSA) is 89.5 Å². The highest BCUT2D eigenvalue weighted by atomic mass is 16.5. The van der Waals surface area contributed by atoms with Crippen LogP contribution >= 0.6 is 0 Å². The SMILES string of the molecule is CCOC(=O)NN=Cc1ccc(OCC(=O)N(C)C)c(OCC)c1. The van der Waals surface area contributed by atoms with Crippen molar-refractivity contribution >= 4 is 18.2 Å². The molecule has 132 valence electrons. The molecule has 0 saturated heterocycles. The van der Waals surface area contributed by atoms with E-state index in [1.807, 2.05) is 6.92 Å². The fraction of sp³-hybridized carbons (Fsp3) is 0.438. The van der Waals surface area contributed by atoms with E-state index in [1.54, 1.807) is 39.2 Å². The second-order valence-corrected chi connectivity index (χ2v) is 4.81. The van der Waals surface area contributed by atoms with Gasteiger partial charge < -0.3 is 19.1 Å². The third kappa shape index (κ3) is 6.55. The number of rotatable bonds is 8. The molecular weight excluding hydrogens is 314 g/mol. The summed E-state index contributed by atoms with van der Waals surface area (Å²) in [5, 5.41) is 3.78. The molecule has 1 N–H and O–H groups in total. The minimum absolute atomic E-state index is 0.0784. The van der Waals surface area contributed by atoms with Crippen molar-refractivity contribution in [2.24, 2.45) is 5.10 Å². The second-order valence-electron chi connectivity index (χ2n) is 4.81. The maximum absolute atomic E-state index is 11.6. The predicted molar refractivity (Wildman–Crippen MR) is 89.6 cm³/mol. The van der Waals surface area contributed by atoms with Crippen LogP contribution in [0.1, 0.15) is 19.4 Å².